The van der Waals surface area contributed by atoms with Gasteiger partial charge in [0.1, 0.15) is 29.5 Å². The van der Waals surface area contributed by atoms with Gasteiger partial charge >= 0.3 is 0 Å². The predicted molar refractivity (Wildman–Crippen MR) is 220 cm³/mol. The lowest BCUT2D eigenvalue weighted by atomic mass is 9.87. The van der Waals surface area contributed by atoms with Crippen LogP contribution in [0.5, 0.6) is 11.6 Å². The number of allylic oxidation sites excluding steroid dienone is 1. The molecule has 1 aromatic heterocycles. The first kappa shape index (κ1) is 41.0. The quantitative estimate of drug-likeness (QED) is 0.264. The SMILES string of the molecule is COc1ccc2c(O[C@@H]3CC4C(=O)N[C@]5(C(=O)NS(=O)(=O)C6(C)CC6)C[C@H]5/C=C\CC[C@H](C)C[C@@H](C)[C@H](NC(=O)c5ccc(N(C)C)cc5)C(=O)N4C3)nccc2c1. The highest BCUT2D eigenvalue weighted by atomic mass is 32.2. The lowest BCUT2D eigenvalue weighted by Crippen LogP contribution is -2.59. The summed E-state index contributed by atoms with van der Waals surface area (Å²) in [4.78, 5) is 65.3. The van der Waals surface area contributed by atoms with Gasteiger partial charge in [-0.05, 0) is 111 Å². The molecule has 2 aromatic carbocycles. The zero-order chi connectivity index (χ0) is 41.6. The van der Waals surface area contributed by atoms with Crippen LogP contribution in [0.2, 0.25) is 0 Å². The summed E-state index contributed by atoms with van der Waals surface area (Å²) >= 11 is 0. The van der Waals surface area contributed by atoms with Crippen LogP contribution < -0.4 is 29.7 Å². The van der Waals surface area contributed by atoms with E-state index in [0.717, 1.165) is 17.5 Å². The van der Waals surface area contributed by atoms with E-state index >= 15 is 0 Å². The Bertz CT molecular complexity index is 2220. The number of ether oxygens (including phenoxy) is 2. The third-order valence-electron chi connectivity index (χ3n) is 12.4. The second-order valence-corrected chi connectivity index (χ2v) is 19.3. The molecule has 3 N–H and O–H groups in total. The monoisotopic (exact) mass is 814 g/mol. The van der Waals surface area contributed by atoms with Crippen LogP contribution in [0.4, 0.5) is 5.69 Å². The molecule has 3 fully saturated rings. The highest BCUT2D eigenvalue weighted by Crippen LogP contribution is 2.47. The Labute approximate surface area is 340 Å². The Hall–Kier alpha value is -5.18. The summed E-state index contributed by atoms with van der Waals surface area (Å²) in [6, 6.07) is 12.3. The number of methoxy groups -OCH3 is 1. The fourth-order valence-electron chi connectivity index (χ4n) is 8.24. The van der Waals surface area contributed by atoms with E-state index in [2.05, 4.69) is 27.3 Å². The minimum absolute atomic E-state index is 0.00736. The van der Waals surface area contributed by atoms with Crippen LogP contribution in [0.1, 0.15) is 76.1 Å². The van der Waals surface area contributed by atoms with Crippen molar-refractivity contribution in [3.05, 3.63) is 72.4 Å². The van der Waals surface area contributed by atoms with Crippen LogP contribution in [0, 0.1) is 17.8 Å². The highest BCUT2D eigenvalue weighted by molar-refractivity contribution is 7.91. The fourth-order valence-corrected chi connectivity index (χ4v) is 9.55. The summed E-state index contributed by atoms with van der Waals surface area (Å²) in [5.74, 6) is -1.91. The van der Waals surface area contributed by atoms with Crippen LogP contribution in [0.3, 0.4) is 0 Å². The third kappa shape index (κ3) is 8.23. The van der Waals surface area contributed by atoms with Crippen molar-refractivity contribution >= 4 is 50.1 Å². The van der Waals surface area contributed by atoms with Gasteiger partial charge in [-0.25, -0.2) is 13.4 Å². The topological polar surface area (TPSA) is 176 Å². The summed E-state index contributed by atoms with van der Waals surface area (Å²) in [6.07, 6.45) is 7.98. The molecule has 310 valence electrons. The number of sulfonamides is 1. The maximum absolute atomic E-state index is 15.0. The molecule has 4 amide bonds. The van der Waals surface area contributed by atoms with Gasteiger partial charge in [0.2, 0.25) is 27.7 Å². The molecule has 15 heteroatoms. The first-order valence-corrected chi connectivity index (χ1v) is 21.6. The van der Waals surface area contributed by atoms with E-state index in [1.807, 2.05) is 68.4 Å². The zero-order valence-corrected chi connectivity index (χ0v) is 34.8. The van der Waals surface area contributed by atoms with Crippen LogP contribution in [-0.4, -0.2) is 98.2 Å². The summed E-state index contributed by atoms with van der Waals surface area (Å²) in [5.41, 5.74) is -0.224. The molecule has 4 aliphatic rings. The van der Waals surface area contributed by atoms with Crippen LogP contribution in [-0.2, 0) is 24.4 Å². The minimum Gasteiger partial charge on any atom is -0.497 e. The summed E-state index contributed by atoms with van der Waals surface area (Å²) in [7, 11) is 1.40. The molecule has 14 nitrogen and oxygen atoms in total. The van der Waals surface area contributed by atoms with Gasteiger partial charge in [-0.15, -0.1) is 0 Å². The number of hydrogen-bond donors (Lipinski definition) is 3. The molecule has 2 aliphatic heterocycles. The van der Waals surface area contributed by atoms with Crippen molar-refractivity contribution in [1.29, 1.82) is 0 Å². The Kier molecular flexibility index (Phi) is 11.2. The second kappa shape index (κ2) is 15.9. The lowest BCUT2D eigenvalue weighted by Gasteiger charge is -2.33. The number of hydrogen-bond acceptors (Lipinski definition) is 10. The number of carbonyl (C=O) groups is 4. The average molecular weight is 815 g/mol. The van der Waals surface area contributed by atoms with Crippen molar-refractivity contribution in [1.82, 2.24) is 25.2 Å². The summed E-state index contributed by atoms with van der Waals surface area (Å²) < 4.78 is 39.6. The van der Waals surface area contributed by atoms with Gasteiger partial charge in [-0.2, -0.15) is 0 Å². The number of carbonyl (C=O) groups excluding carboxylic acids is 4. The van der Waals surface area contributed by atoms with Gasteiger partial charge in [-0.1, -0.05) is 26.0 Å². The number of amides is 4. The number of anilines is 1. The third-order valence-corrected chi connectivity index (χ3v) is 14.6. The smallest absolute Gasteiger partial charge is 0.259 e. The number of pyridine rings is 1. The van der Waals surface area contributed by atoms with Crippen molar-refractivity contribution in [2.75, 3.05) is 32.6 Å². The van der Waals surface area contributed by atoms with E-state index in [1.54, 1.807) is 38.4 Å². The van der Waals surface area contributed by atoms with Crippen molar-refractivity contribution in [2.45, 2.75) is 94.2 Å². The van der Waals surface area contributed by atoms with Gasteiger partial charge < -0.3 is 29.9 Å². The molecule has 2 saturated carbocycles. The van der Waals surface area contributed by atoms with Crippen LogP contribution in [0.25, 0.3) is 10.8 Å². The first-order chi connectivity index (χ1) is 27.5. The first-order valence-electron chi connectivity index (χ1n) is 20.1. The average Bonchev–Trinajstić information content (AvgIpc) is 4.08. The zero-order valence-electron chi connectivity index (χ0n) is 34.0. The van der Waals surface area contributed by atoms with Gasteiger partial charge in [0.15, 0.2) is 0 Å². The molecule has 0 bridgehead atoms. The molecule has 3 aromatic rings. The largest absolute Gasteiger partial charge is 0.497 e. The van der Waals surface area contributed by atoms with Gasteiger partial charge in [0.25, 0.3) is 11.8 Å². The van der Waals surface area contributed by atoms with Gasteiger partial charge in [-0.3, -0.25) is 23.9 Å². The van der Waals surface area contributed by atoms with E-state index in [4.69, 9.17) is 9.47 Å². The van der Waals surface area contributed by atoms with Gasteiger partial charge in [0.05, 0.1) is 18.4 Å². The number of nitrogens with one attached hydrogen (secondary N) is 3. The highest BCUT2D eigenvalue weighted by Gasteiger charge is 2.63. The molecule has 7 rings (SSSR count). The Morgan fingerprint density at radius 1 is 1.03 bits per heavy atom. The maximum Gasteiger partial charge on any atom is 0.259 e. The van der Waals surface area contributed by atoms with Crippen LogP contribution in [0.15, 0.2) is 66.9 Å². The molecule has 2 aliphatic carbocycles. The number of fused-ring (bicyclic) bond motifs is 3. The molecule has 1 saturated heterocycles. The van der Waals surface area contributed by atoms with Crippen molar-refractivity contribution in [3.63, 3.8) is 0 Å². The van der Waals surface area contributed by atoms with E-state index < -0.39 is 68.0 Å². The summed E-state index contributed by atoms with van der Waals surface area (Å²) in [6.45, 7) is 5.63. The summed E-state index contributed by atoms with van der Waals surface area (Å²) in [5, 5.41) is 7.49. The molecule has 1 unspecified atom stereocenters. The fraction of sp³-hybridized carbons (Fsp3) is 0.512. The van der Waals surface area contributed by atoms with Crippen molar-refractivity contribution in [2.24, 2.45) is 17.8 Å². The molecular weight excluding hydrogens is 761 g/mol. The molecule has 0 radical (unpaired) electrons. The van der Waals surface area contributed by atoms with Crippen molar-refractivity contribution in [3.8, 4) is 11.6 Å². The predicted octanol–water partition coefficient (Wildman–Crippen LogP) is 4.34. The van der Waals surface area contributed by atoms with E-state index in [1.165, 1.54) is 4.90 Å². The lowest BCUT2D eigenvalue weighted by molar-refractivity contribution is -0.142. The Morgan fingerprint density at radius 3 is 2.47 bits per heavy atom. The number of rotatable bonds is 9. The van der Waals surface area contributed by atoms with Crippen molar-refractivity contribution < 1.29 is 37.1 Å². The van der Waals surface area contributed by atoms with Gasteiger partial charge in [0, 0.05) is 49.3 Å². The number of nitrogens with zero attached hydrogens (tertiary/aromatic N) is 3. The molecular formula is C43H54N6O8S. The Balaban J connectivity index is 1.23. The van der Waals surface area contributed by atoms with Crippen LogP contribution >= 0.6 is 0 Å². The molecule has 0 spiro atoms. The molecule has 3 heterocycles. The minimum atomic E-state index is -4.00. The van der Waals surface area contributed by atoms with E-state index in [9.17, 15) is 27.6 Å². The number of aromatic nitrogens is 1. The second-order valence-electron chi connectivity index (χ2n) is 17.1. The normalized spacial score (nSPS) is 28.8. The molecule has 58 heavy (non-hydrogen) atoms. The maximum atomic E-state index is 15.0. The van der Waals surface area contributed by atoms with E-state index in [0.29, 0.717) is 48.3 Å². The number of benzene rings is 2. The molecule has 7 atom stereocenters. The standard InChI is InChI=1S/C43H54N6O8S/c1-26-9-7-8-10-30-24-43(30,41(53)47-58(54,55)42(3)18-19-42)46-38(51)35-23-33(57-39-34-16-15-32(56-6)22-29(34)17-20-44-39)25-49(35)40(52)36(27(2)21-26)45-37(50)28-11-13-31(14-12-28)48(4)5/h8,10-17,20,22,26-27,30,33,35-36H,7,9,18-19,21,23-25H2,1-6H3,(H,45,50)(H,46,51)(H,47,53)/b10-8-/t26-,27+,30+,33+,35?,36-,43+/m0/s1. The van der Waals surface area contributed by atoms with E-state index in [-0.39, 0.29) is 31.2 Å². The Morgan fingerprint density at radius 2 is 1.78 bits per heavy atom.